The Kier molecular flexibility index (Phi) is 5.63. The molecule has 0 spiro atoms. The molecule has 1 aromatic rings. The normalized spacial score (nSPS) is 12.7. The number of halogens is 1. The van der Waals surface area contributed by atoms with Gasteiger partial charge >= 0.3 is 0 Å². The van der Waals surface area contributed by atoms with E-state index in [1.165, 1.54) is 0 Å². The van der Waals surface area contributed by atoms with Gasteiger partial charge in [-0.15, -0.1) is 0 Å². The van der Waals surface area contributed by atoms with Crippen LogP contribution in [0.1, 0.15) is 43.1 Å². The summed E-state index contributed by atoms with van der Waals surface area (Å²) in [4.78, 5) is 11.0. The molecule has 0 radical (unpaired) electrons. The fraction of sp³-hybridized carbons (Fsp3) is 0.500. The highest BCUT2D eigenvalue weighted by atomic mass is 35.5. The Morgan fingerprint density at radius 2 is 2.11 bits per heavy atom. The van der Waals surface area contributed by atoms with Crippen LogP contribution in [0.4, 0.5) is 0 Å². The lowest BCUT2D eigenvalue weighted by Gasteiger charge is -2.21. The molecule has 0 aliphatic rings. The van der Waals surface area contributed by atoms with Gasteiger partial charge in [0.2, 0.25) is 5.91 Å². The van der Waals surface area contributed by atoms with Gasteiger partial charge in [0, 0.05) is 23.2 Å². The van der Waals surface area contributed by atoms with E-state index in [1.54, 1.807) is 12.1 Å². The number of hydrogen-bond donors (Lipinski definition) is 2. The molecule has 3 N–H and O–H groups in total. The minimum atomic E-state index is -0.454. The number of amides is 1. The minimum Gasteiger partial charge on any atom is -0.366 e. The van der Waals surface area contributed by atoms with Gasteiger partial charge in [-0.05, 0) is 30.0 Å². The predicted octanol–water partition coefficient (Wildman–Crippen LogP) is 2.96. The molecule has 1 atom stereocenters. The van der Waals surface area contributed by atoms with E-state index in [-0.39, 0.29) is 0 Å². The molecule has 0 aliphatic heterocycles. The number of benzene rings is 1. The van der Waals surface area contributed by atoms with Crippen molar-refractivity contribution in [3.63, 3.8) is 0 Å². The largest absolute Gasteiger partial charge is 0.366 e. The second kappa shape index (κ2) is 6.76. The van der Waals surface area contributed by atoms with Crippen molar-refractivity contribution in [2.45, 2.75) is 39.8 Å². The zero-order valence-corrected chi connectivity index (χ0v) is 11.9. The van der Waals surface area contributed by atoms with Gasteiger partial charge in [0.15, 0.2) is 0 Å². The van der Waals surface area contributed by atoms with Crippen LogP contribution in [0.25, 0.3) is 0 Å². The fourth-order valence-electron chi connectivity index (χ4n) is 1.94. The van der Waals surface area contributed by atoms with Gasteiger partial charge in [0.25, 0.3) is 0 Å². The molecule has 0 aliphatic carbocycles. The first-order valence-electron chi connectivity index (χ1n) is 6.27. The summed E-state index contributed by atoms with van der Waals surface area (Å²) in [6.45, 7) is 7.25. The van der Waals surface area contributed by atoms with E-state index >= 15 is 0 Å². The first-order chi connectivity index (χ1) is 8.45. The molecule has 1 unspecified atom stereocenters. The Bertz CT molecular complexity index is 418. The van der Waals surface area contributed by atoms with Gasteiger partial charge in [-0.3, -0.25) is 4.79 Å². The van der Waals surface area contributed by atoms with Crippen LogP contribution in [-0.4, -0.2) is 11.9 Å². The van der Waals surface area contributed by atoms with Crippen molar-refractivity contribution in [1.82, 2.24) is 5.32 Å². The van der Waals surface area contributed by atoms with Crippen LogP contribution >= 0.6 is 11.6 Å². The van der Waals surface area contributed by atoms with E-state index in [2.05, 4.69) is 26.1 Å². The summed E-state index contributed by atoms with van der Waals surface area (Å²) in [5, 5.41) is 4.05. The highest BCUT2D eigenvalue weighted by Gasteiger charge is 2.11. The van der Waals surface area contributed by atoms with Gasteiger partial charge in [0.05, 0.1) is 0 Å². The monoisotopic (exact) mass is 268 g/mol. The molecule has 1 aromatic carbocycles. The summed E-state index contributed by atoms with van der Waals surface area (Å²) in [5.41, 5.74) is 6.63. The fourth-order valence-corrected chi connectivity index (χ4v) is 2.18. The number of carbonyl (C=O) groups excluding carboxylic acids is 1. The first-order valence-corrected chi connectivity index (χ1v) is 6.65. The average Bonchev–Trinajstić information content (AvgIpc) is 2.30. The summed E-state index contributed by atoms with van der Waals surface area (Å²) >= 11 is 6.13. The molecule has 0 fully saturated rings. The van der Waals surface area contributed by atoms with Crippen LogP contribution in [-0.2, 0) is 6.54 Å². The average molecular weight is 269 g/mol. The second-order valence-electron chi connectivity index (χ2n) is 4.81. The second-order valence-corrected chi connectivity index (χ2v) is 5.22. The van der Waals surface area contributed by atoms with Gasteiger partial charge in [-0.1, -0.05) is 38.4 Å². The van der Waals surface area contributed by atoms with Crippen molar-refractivity contribution in [2.24, 2.45) is 11.7 Å². The smallest absolute Gasteiger partial charge is 0.248 e. The highest BCUT2D eigenvalue weighted by Crippen LogP contribution is 2.18. The van der Waals surface area contributed by atoms with Crippen molar-refractivity contribution < 1.29 is 4.79 Å². The van der Waals surface area contributed by atoms with Gasteiger partial charge in [-0.2, -0.15) is 0 Å². The van der Waals surface area contributed by atoms with Crippen LogP contribution in [0.5, 0.6) is 0 Å². The van der Waals surface area contributed by atoms with Gasteiger partial charge in [0.1, 0.15) is 0 Å². The molecular formula is C14H21ClN2O. The number of primary amides is 1. The molecule has 1 rings (SSSR count). The molecule has 18 heavy (non-hydrogen) atoms. The van der Waals surface area contributed by atoms with Gasteiger partial charge < -0.3 is 11.1 Å². The first kappa shape index (κ1) is 15.0. The van der Waals surface area contributed by atoms with E-state index in [4.69, 9.17) is 17.3 Å². The zero-order chi connectivity index (χ0) is 13.7. The van der Waals surface area contributed by atoms with Crippen LogP contribution in [0.2, 0.25) is 5.02 Å². The molecular weight excluding hydrogens is 248 g/mol. The lowest BCUT2D eigenvalue weighted by Crippen LogP contribution is -2.32. The summed E-state index contributed by atoms with van der Waals surface area (Å²) in [5.74, 6) is 0.128. The standard InChI is InChI=1S/C14H21ClN2O/c1-4-13(9(2)3)17-8-11-6-5-10(14(16)18)7-12(11)15/h5-7,9,13,17H,4,8H2,1-3H3,(H2,16,18). The van der Waals surface area contributed by atoms with Crippen LogP contribution in [0, 0.1) is 5.92 Å². The van der Waals surface area contributed by atoms with Crippen molar-refractivity contribution in [3.05, 3.63) is 34.3 Å². The third-order valence-electron chi connectivity index (χ3n) is 3.14. The molecule has 0 bridgehead atoms. The van der Waals surface area contributed by atoms with E-state index in [9.17, 15) is 4.79 Å². The summed E-state index contributed by atoms with van der Waals surface area (Å²) < 4.78 is 0. The maximum Gasteiger partial charge on any atom is 0.248 e. The molecule has 4 heteroatoms. The van der Waals surface area contributed by atoms with E-state index in [0.29, 0.717) is 29.1 Å². The molecule has 0 saturated carbocycles. The highest BCUT2D eigenvalue weighted by molar-refractivity contribution is 6.31. The lowest BCUT2D eigenvalue weighted by atomic mass is 10.0. The molecule has 0 aromatic heterocycles. The van der Waals surface area contributed by atoms with E-state index in [0.717, 1.165) is 12.0 Å². The van der Waals surface area contributed by atoms with Gasteiger partial charge in [-0.25, -0.2) is 0 Å². The Morgan fingerprint density at radius 1 is 1.44 bits per heavy atom. The van der Waals surface area contributed by atoms with Crippen molar-refractivity contribution in [1.29, 1.82) is 0 Å². The van der Waals surface area contributed by atoms with Crippen molar-refractivity contribution in [2.75, 3.05) is 0 Å². The molecule has 0 saturated heterocycles. The summed E-state index contributed by atoms with van der Waals surface area (Å²) in [6, 6.07) is 5.65. The summed E-state index contributed by atoms with van der Waals surface area (Å²) in [6.07, 6.45) is 1.08. The lowest BCUT2D eigenvalue weighted by molar-refractivity contribution is 0.100. The minimum absolute atomic E-state index is 0.444. The Hall–Kier alpha value is -1.06. The maximum absolute atomic E-state index is 11.0. The SMILES string of the molecule is CCC(NCc1ccc(C(N)=O)cc1Cl)C(C)C. The Labute approximate surface area is 114 Å². The molecule has 0 heterocycles. The number of nitrogens with one attached hydrogen (secondary N) is 1. The third kappa shape index (κ3) is 4.00. The van der Waals surface area contributed by atoms with Crippen molar-refractivity contribution in [3.8, 4) is 0 Å². The summed E-state index contributed by atoms with van der Waals surface area (Å²) in [7, 11) is 0. The maximum atomic E-state index is 11.0. The van der Waals surface area contributed by atoms with E-state index < -0.39 is 5.91 Å². The topological polar surface area (TPSA) is 55.1 Å². The Morgan fingerprint density at radius 3 is 2.56 bits per heavy atom. The molecule has 1 amide bonds. The quantitative estimate of drug-likeness (QED) is 0.833. The zero-order valence-electron chi connectivity index (χ0n) is 11.2. The number of hydrogen-bond acceptors (Lipinski definition) is 2. The van der Waals surface area contributed by atoms with Crippen molar-refractivity contribution >= 4 is 17.5 Å². The number of nitrogens with two attached hydrogens (primary N) is 1. The number of rotatable bonds is 6. The number of carbonyl (C=O) groups is 1. The molecule has 3 nitrogen and oxygen atoms in total. The molecule has 100 valence electrons. The Balaban J connectivity index is 2.71. The third-order valence-corrected chi connectivity index (χ3v) is 3.49. The van der Waals surface area contributed by atoms with Crippen LogP contribution < -0.4 is 11.1 Å². The predicted molar refractivity (Wildman–Crippen MR) is 75.7 cm³/mol. The van der Waals surface area contributed by atoms with Crippen LogP contribution in [0.3, 0.4) is 0 Å². The van der Waals surface area contributed by atoms with Crippen LogP contribution in [0.15, 0.2) is 18.2 Å². The van der Waals surface area contributed by atoms with E-state index in [1.807, 2.05) is 6.07 Å².